The SMILES string of the molecule is CCCOc1ccc(/C(C)=N/NC(=O)OC)cc1. The molecular weight excluding hydrogens is 232 g/mol. The van der Waals surface area contributed by atoms with Crippen LogP contribution < -0.4 is 10.2 Å². The molecule has 0 fully saturated rings. The predicted molar refractivity (Wildman–Crippen MR) is 70.0 cm³/mol. The molecule has 5 nitrogen and oxygen atoms in total. The molecule has 0 unspecified atom stereocenters. The summed E-state index contributed by atoms with van der Waals surface area (Å²) < 4.78 is 9.90. The maximum absolute atomic E-state index is 10.9. The van der Waals surface area contributed by atoms with Gasteiger partial charge in [-0.05, 0) is 43.2 Å². The molecule has 18 heavy (non-hydrogen) atoms. The molecule has 0 aromatic heterocycles. The molecule has 0 saturated heterocycles. The Morgan fingerprint density at radius 3 is 2.56 bits per heavy atom. The number of hydrogen-bond donors (Lipinski definition) is 1. The number of rotatable bonds is 5. The van der Waals surface area contributed by atoms with Crippen LogP contribution in [0.5, 0.6) is 5.75 Å². The predicted octanol–water partition coefficient (Wildman–Crippen LogP) is 2.56. The van der Waals surface area contributed by atoms with Crippen molar-refractivity contribution in [3.8, 4) is 5.75 Å². The summed E-state index contributed by atoms with van der Waals surface area (Å²) in [6, 6.07) is 7.54. The van der Waals surface area contributed by atoms with Crippen molar-refractivity contribution in [2.45, 2.75) is 20.3 Å². The van der Waals surface area contributed by atoms with Gasteiger partial charge in [0.15, 0.2) is 0 Å². The molecule has 0 saturated carbocycles. The first kappa shape index (κ1) is 14.0. The Morgan fingerprint density at radius 2 is 2.00 bits per heavy atom. The van der Waals surface area contributed by atoms with Crippen LogP contribution in [0.15, 0.2) is 29.4 Å². The van der Waals surface area contributed by atoms with E-state index in [4.69, 9.17) is 4.74 Å². The highest BCUT2D eigenvalue weighted by molar-refractivity contribution is 5.99. The average Bonchev–Trinajstić information content (AvgIpc) is 2.42. The molecule has 1 amide bonds. The zero-order valence-electron chi connectivity index (χ0n) is 10.9. The van der Waals surface area contributed by atoms with Crippen molar-refractivity contribution < 1.29 is 14.3 Å². The number of benzene rings is 1. The molecule has 0 aliphatic rings. The van der Waals surface area contributed by atoms with Crippen LogP contribution in [0, 0.1) is 0 Å². The maximum atomic E-state index is 10.9. The quantitative estimate of drug-likeness (QED) is 0.645. The van der Waals surface area contributed by atoms with Gasteiger partial charge in [0, 0.05) is 0 Å². The van der Waals surface area contributed by atoms with Crippen LogP contribution in [0.3, 0.4) is 0 Å². The fraction of sp³-hybridized carbons (Fsp3) is 0.385. The van der Waals surface area contributed by atoms with Gasteiger partial charge in [-0.1, -0.05) is 6.92 Å². The number of carbonyl (C=O) groups is 1. The fourth-order valence-corrected chi connectivity index (χ4v) is 1.25. The van der Waals surface area contributed by atoms with E-state index in [1.165, 1.54) is 7.11 Å². The summed E-state index contributed by atoms with van der Waals surface area (Å²) in [7, 11) is 1.29. The molecule has 1 aromatic carbocycles. The van der Waals surface area contributed by atoms with Crippen molar-refractivity contribution in [1.29, 1.82) is 0 Å². The zero-order valence-corrected chi connectivity index (χ0v) is 10.9. The summed E-state index contributed by atoms with van der Waals surface area (Å²) in [5.41, 5.74) is 3.88. The smallest absolute Gasteiger partial charge is 0.427 e. The molecule has 0 bridgehead atoms. The van der Waals surface area contributed by atoms with Crippen LogP contribution >= 0.6 is 0 Å². The van der Waals surface area contributed by atoms with E-state index in [1.54, 1.807) is 6.92 Å². The number of nitrogens with one attached hydrogen (secondary N) is 1. The minimum absolute atomic E-state index is 0.586. The summed E-state index contributed by atoms with van der Waals surface area (Å²) in [4.78, 5) is 10.9. The highest BCUT2D eigenvalue weighted by Gasteiger charge is 2.00. The van der Waals surface area contributed by atoms with Gasteiger partial charge in [0.25, 0.3) is 0 Å². The van der Waals surface area contributed by atoms with Gasteiger partial charge >= 0.3 is 6.09 Å². The van der Waals surface area contributed by atoms with Crippen molar-refractivity contribution in [1.82, 2.24) is 5.43 Å². The number of ether oxygens (including phenoxy) is 2. The van der Waals surface area contributed by atoms with E-state index in [9.17, 15) is 4.79 Å². The summed E-state index contributed by atoms with van der Waals surface area (Å²) in [5, 5.41) is 3.91. The van der Waals surface area contributed by atoms with Crippen molar-refractivity contribution in [3.05, 3.63) is 29.8 Å². The maximum Gasteiger partial charge on any atom is 0.427 e. The van der Waals surface area contributed by atoms with Gasteiger partial charge in [0.05, 0.1) is 19.4 Å². The molecule has 0 radical (unpaired) electrons. The van der Waals surface area contributed by atoms with Gasteiger partial charge in [-0.2, -0.15) is 5.10 Å². The van der Waals surface area contributed by atoms with E-state index in [0.29, 0.717) is 12.3 Å². The first-order chi connectivity index (χ1) is 8.67. The lowest BCUT2D eigenvalue weighted by molar-refractivity contribution is 0.171. The molecule has 0 spiro atoms. The molecule has 98 valence electrons. The summed E-state index contributed by atoms with van der Waals surface area (Å²) in [5.74, 6) is 0.828. The largest absolute Gasteiger partial charge is 0.494 e. The van der Waals surface area contributed by atoms with Crippen LogP contribution in [0.1, 0.15) is 25.8 Å². The Bertz CT molecular complexity index is 413. The van der Waals surface area contributed by atoms with Gasteiger partial charge < -0.3 is 9.47 Å². The lowest BCUT2D eigenvalue weighted by Gasteiger charge is -2.06. The standard InChI is InChI=1S/C13H18N2O3/c1-4-9-18-12-7-5-11(6-8-12)10(2)14-15-13(16)17-3/h5-8H,4,9H2,1-3H3,(H,15,16)/b14-10+. The fourth-order valence-electron chi connectivity index (χ4n) is 1.25. The first-order valence-electron chi connectivity index (χ1n) is 5.78. The molecule has 1 rings (SSSR count). The third-order valence-corrected chi connectivity index (χ3v) is 2.25. The molecule has 0 heterocycles. The minimum atomic E-state index is -0.586. The molecule has 5 heteroatoms. The molecule has 0 aliphatic heterocycles. The van der Waals surface area contributed by atoms with Crippen molar-refractivity contribution in [3.63, 3.8) is 0 Å². The third kappa shape index (κ3) is 4.45. The summed E-state index contributed by atoms with van der Waals surface area (Å²) in [6.07, 6.45) is 0.392. The van der Waals surface area contributed by atoms with Gasteiger partial charge in [-0.3, -0.25) is 0 Å². The van der Waals surface area contributed by atoms with Gasteiger partial charge in [-0.25, -0.2) is 10.2 Å². The Balaban J connectivity index is 2.63. The van der Waals surface area contributed by atoms with Crippen molar-refractivity contribution >= 4 is 11.8 Å². The lowest BCUT2D eigenvalue weighted by atomic mass is 10.1. The van der Waals surface area contributed by atoms with E-state index < -0.39 is 6.09 Å². The number of amides is 1. The molecular formula is C13H18N2O3. The highest BCUT2D eigenvalue weighted by atomic mass is 16.5. The van der Waals surface area contributed by atoms with E-state index >= 15 is 0 Å². The number of nitrogens with zero attached hydrogens (tertiary/aromatic N) is 1. The van der Waals surface area contributed by atoms with Crippen LogP contribution in [0.2, 0.25) is 0 Å². The number of hydrazone groups is 1. The Labute approximate surface area is 107 Å². The van der Waals surface area contributed by atoms with Crippen LogP contribution in [0.4, 0.5) is 4.79 Å². The second kappa shape index (κ2) is 7.32. The third-order valence-electron chi connectivity index (χ3n) is 2.25. The van der Waals surface area contributed by atoms with Crippen LogP contribution in [-0.4, -0.2) is 25.5 Å². The lowest BCUT2D eigenvalue weighted by Crippen LogP contribution is -2.18. The zero-order chi connectivity index (χ0) is 13.4. The second-order valence-corrected chi connectivity index (χ2v) is 3.67. The van der Waals surface area contributed by atoms with Crippen molar-refractivity contribution in [2.24, 2.45) is 5.10 Å². The number of hydrogen-bond acceptors (Lipinski definition) is 4. The summed E-state index contributed by atoms with van der Waals surface area (Å²) >= 11 is 0. The topological polar surface area (TPSA) is 59.9 Å². The van der Waals surface area contributed by atoms with Crippen LogP contribution in [-0.2, 0) is 4.74 Å². The van der Waals surface area contributed by atoms with Crippen molar-refractivity contribution in [2.75, 3.05) is 13.7 Å². The van der Waals surface area contributed by atoms with Gasteiger partial charge in [-0.15, -0.1) is 0 Å². The molecule has 1 aromatic rings. The van der Waals surface area contributed by atoms with E-state index in [2.05, 4.69) is 22.2 Å². The van der Waals surface area contributed by atoms with Gasteiger partial charge in [0.1, 0.15) is 5.75 Å². The normalized spacial score (nSPS) is 10.9. The first-order valence-corrected chi connectivity index (χ1v) is 5.78. The van der Waals surface area contributed by atoms with E-state index in [1.807, 2.05) is 24.3 Å². The van der Waals surface area contributed by atoms with Gasteiger partial charge in [0.2, 0.25) is 0 Å². The monoisotopic (exact) mass is 250 g/mol. The van der Waals surface area contributed by atoms with E-state index in [0.717, 1.165) is 17.7 Å². The minimum Gasteiger partial charge on any atom is -0.494 e. The molecule has 0 aliphatic carbocycles. The van der Waals surface area contributed by atoms with Crippen LogP contribution in [0.25, 0.3) is 0 Å². The Kier molecular flexibility index (Phi) is 5.70. The second-order valence-electron chi connectivity index (χ2n) is 3.67. The summed E-state index contributed by atoms with van der Waals surface area (Å²) in [6.45, 7) is 4.57. The number of methoxy groups -OCH3 is 1. The highest BCUT2D eigenvalue weighted by Crippen LogP contribution is 2.13. The molecule has 0 atom stereocenters. The Morgan fingerprint density at radius 1 is 1.33 bits per heavy atom. The number of carbonyl (C=O) groups excluding carboxylic acids is 1. The average molecular weight is 250 g/mol. The Hall–Kier alpha value is -2.04. The van der Waals surface area contributed by atoms with E-state index in [-0.39, 0.29) is 0 Å². The molecule has 1 N–H and O–H groups in total.